The molecule has 6 heteroatoms. The fourth-order valence-corrected chi connectivity index (χ4v) is 3.98. The van der Waals surface area contributed by atoms with Crippen LogP contribution in [0.5, 0.6) is 0 Å². The number of nitrogens with zero attached hydrogens (tertiary/aromatic N) is 1. The maximum Gasteiger partial charge on any atom is 0.417 e. The van der Waals surface area contributed by atoms with Crippen LogP contribution in [0.2, 0.25) is 0 Å². The van der Waals surface area contributed by atoms with E-state index in [2.05, 4.69) is 26.1 Å². The number of imide groups is 1. The van der Waals surface area contributed by atoms with Crippen molar-refractivity contribution in [3.63, 3.8) is 0 Å². The van der Waals surface area contributed by atoms with Crippen molar-refractivity contribution in [1.82, 2.24) is 10.2 Å². The maximum atomic E-state index is 13.0. The number of cyclic esters (lactones) is 1. The zero-order valence-corrected chi connectivity index (χ0v) is 19.6. The van der Waals surface area contributed by atoms with Crippen LogP contribution < -0.4 is 5.32 Å². The molecule has 0 aliphatic carbocycles. The standard InChI is InChI=1S/C25H38N2O4/c1-6-18(3)24(29)26-13-12-17(2)14-19(4)20(5)15-23(28)27-22(16-31-25(27)30)21-10-8-7-9-11-21/h7-11,17-20,22H,6,12-16H2,1-5H3,(H,26,29)/t17-,18-,19+,20-,22+/m1/s1. The smallest absolute Gasteiger partial charge is 0.417 e. The van der Waals surface area contributed by atoms with E-state index in [9.17, 15) is 14.4 Å². The Morgan fingerprint density at radius 1 is 1.13 bits per heavy atom. The van der Waals surface area contributed by atoms with Crippen molar-refractivity contribution in [2.75, 3.05) is 13.2 Å². The molecule has 0 aromatic heterocycles. The lowest BCUT2D eigenvalue weighted by atomic mass is 9.84. The first kappa shape index (κ1) is 24.9. The zero-order valence-electron chi connectivity index (χ0n) is 19.6. The third kappa shape index (κ3) is 7.08. The molecule has 1 saturated heterocycles. The highest BCUT2D eigenvalue weighted by atomic mass is 16.6. The van der Waals surface area contributed by atoms with Crippen LogP contribution >= 0.6 is 0 Å². The molecular formula is C25H38N2O4. The van der Waals surface area contributed by atoms with Crippen LogP contribution in [0.15, 0.2) is 30.3 Å². The number of ether oxygens (including phenoxy) is 1. The maximum absolute atomic E-state index is 13.0. The summed E-state index contributed by atoms with van der Waals surface area (Å²) in [5.74, 6) is 0.916. The quantitative estimate of drug-likeness (QED) is 0.539. The summed E-state index contributed by atoms with van der Waals surface area (Å²) >= 11 is 0. The van der Waals surface area contributed by atoms with E-state index in [0.29, 0.717) is 24.8 Å². The van der Waals surface area contributed by atoms with Crippen molar-refractivity contribution >= 4 is 17.9 Å². The molecule has 0 bridgehead atoms. The normalized spacial score (nSPS) is 20.0. The topological polar surface area (TPSA) is 75.7 Å². The van der Waals surface area contributed by atoms with E-state index in [-0.39, 0.29) is 36.3 Å². The number of benzene rings is 1. The molecule has 1 heterocycles. The van der Waals surface area contributed by atoms with E-state index in [1.165, 1.54) is 4.90 Å². The summed E-state index contributed by atoms with van der Waals surface area (Å²) in [5.41, 5.74) is 0.912. The number of rotatable bonds is 11. The van der Waals surface area contributed by atoms with Gasteiger partial charge < -0.3 is 10.1 Å². The van der Waals surface area contributed by atoms with Gasteiger partial charge in [0.2, 0.25) is 11.8 Å². The number of carbonyl (C=O) groups excluding carboxylic acids is 3. The van der Waals surface area contributed by atoms with Gasteiger partial charge in [0, 0.05) is 18.9 Å². The SMILES string of the molecule is CC[C@@H](C)C(=O)NCC[C@@H](C)C[C@H](C)[C@H](C)CC(=O)N1C(=O)OC[C@H]1c1ccccc1. The minimum absolute atomic E-state index is 0.0530. The molecule has 0 unspecified atom stereocenters. The van der Waals surface area contributed by atoms with Gasteiger partial charge in [0.15, 0.2) is 0 Å². The van der Waals surface area contributed by atoms with Crippen molar-refractivity contribution < 1.29 is 19.1 Å². The summed E-state index contributed by atoms with van der Waals surface area (Å²) in [6.07, 6.45) is 2.50. The Morgan fingerprint density at radius 3 is 2.45 bits per heavy atom. The van der Waals surface area contributed by atoms with E-state index in [4.69, 9.17) is 4.74 Å². The number of hydrogen-bond acceptors (Lipinski definition) is 4. The average molecular weight is 431 g/mol. The Balaban J connectivity index is 1.83. The van der Waals surface area contributed by atoms with Gasteiger partial charge in [-0.3, -0.25) is 9.59 Å². The molecule has 1 aliphatic rings. The Hall–Kier alpha value is -2.37. The van der Waals surface area contributed by atoms with Crippen molar-refractivity contribution in [3.05, 3.63) is 35.9 Å². The van der Waals surface area contributed by atoms with Crippen LogP contribution in [0.3, 0.4) is 0 Å². The van der Waals surface area contributed by atoms with Gasteiger partial charge in [0.1, 0.15) is 12.6 Å². The second-order valence-electron chi connectivity index (χ2n) is 9.16. The van der Waals surface area contributed by atoms with E-state index in [1.807, 2.05) is 44.2 Å². The molecule has 0 spiro atoms. The number of carbonyl (C=O) groups is 3. The highest BCUT2D eigenvalue weighted by Crippen LogP contribution is 2.31. The average Bonchev–Trinajstić information content (AvgIpc) is 3.14. The van der Waals surface area contributed by atoms with Gasteiger partial charge in [-0.15, -0.1) is 0 Å². The van der Waals surface area contributed by atoms with Gasteiger partial charge in [0.05, 0.1) is 0 Å². The van der Waals surface area contributed by atoms with Crippen molar-refractivity contribution in [3.8, 4) is 0 Å². The minimum atomic E-state index is -0.552. The first-order valence-electron chi connectivity index (χ1n) is 11.6. The van der Waals surface area contributed by atoms with Gasteiger partial charge in [-0.1, -0.05) is 65.0 Å². The third-order valence-corrected chi connectivity index (χ3v) is 6.56. The number of nitrogens with one attached hydrogen (secondary N) is 1. The van der Waals surface area contributed by atoms with E-state index in [1.54, 1.807) is 0 Å². The first-order chi connectivity index (χ1) is 14.7. The van der Waals surface area contributed by atoms with Crippen LogP contribution in [-0.2, 0) is 14.3 Å². The number of hydrogen-bond donors (Lipinski definition) is 1. The number of amides is 3. The van der Waals surface area contributed by atoms with Crippen molar-refractivity contribution in [2.24, 2.45) is 23.7 Å². The molecule has 1 N–H and O–H groups in total. The van der Waals surface area contributed by atoms with Gasteiger partial charge >= 0.3 is 6.09 Å². The van der Waals surface area contributed by atoms with E-state index in [0.717, 1.165) is 24.8 Å². The molecule has 31 heavy (non-hydrogen) atoms. The molecule has 3 amide bonds. The molecule has 172 valence electrons. The van der Waals surface area contributed by atoms with E-state index >= 15 is 0 Å². The van der Waals surface area contributed by atoms with Gasteiger partial charge in [-0.2, -0.15) is 0 Å². The summed E-state index contributed by atoms with van der Waals surface area (Å²) in [6, 6.07) is 9.20. The Bertz CT molecular complexity index is 736. The first-order valence-corrected chi connectivity index (χ1v) is 11.6. The van der Waals surface area contributed by atoms with Crippen molar-refractivity contribution in [2.45, 2.75) is 66.3 Å². The predicted molar refractivity (Wildman–Crippen MR) is 121 cm³/mol. The highest BCUT2D eigenvalue weighted by molar-refractivity contribution is 5.93. The summed E-state index contributed by atoms with van der Waals surface area (Å²) in [7, 11) is 0. The molecule has 1 aromatic carbocycles. The third-order valence-electron chi connectivity index (χ3n) is 6.56. The molecular weight excluding hydrogens is 392 g/mol. The fourth-order valence-electron chi connectivity index (χ4n) is 3.98. The molecule has 2 rings (SSSR count). The second-order valence-corrected chi connectivity index (χ2v) is 9.16. The molecule has 0 saturated carbocycles. The van der Waals surface area contributed by atoms with E-state index < -0.39 is 6.09 Å². The Labute approximate surface area is 186 Å². The molecule has 0 radical (unpaired) electrons. The Morgan fingerprint density at radius 2 is 1.81 bits per heavy atom. The molecule has 6 nitrogen and oxygen atoms in total. The summed E-state index contributed by atoms with van der Waals surface area (Å²) in [5, 5.41) is 3.01. The summed E-state index contributed by atoms with van der Waals surface area (Å²) < 4.78 is 5.18. The highest BCUT2D eigenvalue weighted by Gasteiger charge is 2.39. The van der Waals surface area contributed by atoms with Crippen LogP contribution in [0.1, 0.15) is 71.9 Å². The van der Waals surface area contributed by atoms with Gasteiger partial charge in [0.25, 0.3) is 0 Å². The van der Waals surface area contributed by atoms with Gasteiger partial charge in [-0.25, -0.2) is 9.69 Å². The largest absolute Gasteiger partial charge is 0.446 e. The lowest BCUT2D eigenvalue weighted by molar-refractivity contribution is -0.130. The molecule has 5 atom stereocenters. The summed E-state index contributed by atoms with van der Waals surface area (Å²) in [6.45, 7) is 11.3. The van der Waals surface area contributed by atoms with Crippen LogP contribution in [0, 0.1) is 23.7 Å². The summed E-state index contributed by atoms with van der Waals surface area (Å²) in [4.78, 5) is 38.4. The lowest BCUT2D eigenvalue weighted by Crippen LogP contribution is -2.35. The van der Waals surface area contributed by atoms with Crippen LogP contribution in [-0.4, -0.2) is 36.0 Å². The Kier molecular flexibility index (Phi) is 9.53. The lowest BCUT2D eigenvalue weighted by Gasteiger charge is -2.26. The predicted octanol–water partition coefficient (Wildman–Crippen LogP) is 4.95. The minimum Gasteiger partial charge on any atom is -0.446 e. The van der Waals surface area contributed by atoms with Crippen LogP contribution in [0.25, 0.3) is 0 Å². The molecule has 1 aliphatic heterocycles. The van der Waals surface area contributed by atoms with Crippen LogP contribution in [0.4, 0.5) is 4.79 Å². The monoisotopic (exact) mass is 430 g/mol. The fraction of sp³-hybridized carbons (Fsp3) is 0.640. The second kappa shape index (κ2) is 11.9. The van der Waals surface area contributed by atoms with Gasteiger partial charge in [-0.05, 0) is 42.6 Å². The molecule has 1 fully saturated rings. The zero-order chi connectivity index (χ0) is 23.0. The van der Waals surface area contributed by atoms with Crippen molar-refractivity contribution in [1.29, 1.82) is 0 Å². The molecule has 1 aromatic rings.